The molecule has 0 spiro atoms. The van der Waals surface area contributed by atoms with Crippen LogP contribution in [0.4, 0.5) is 0 Å². The molecule has 4 aromatic rings. The van der Waals surface area contributed by atoms with Gasteiger partial charge in [-0.2, -0.15) is 0 Å². The molecule has 1 aliphatic heterocycles. The maximum Gasteiger partial charge on any atom is 0.259 e. The number of benzene rings is 2. The zero-order valence-corrected chi connectivity index (χ0v) is 18.5. The van der Waals surface area contributed by atoms with Crippen molar-refractivity contribution in [2.24, 2.45) is 0 Å². The molecule has 6 heteroatoms. The number of para-hydroxylation sites is 2. The van der Waals surface area contributed by atoms with Gasteiger partial charge < -0.3 is 14.5 Å². The van der Waals surface area contributed by atoms with Gasteiger partial charge in [-0.05, 0) is 45.6 Å². The molecule has 1 aliphatic rings. The van der Waals surface area contributed by atoms with Crippen LogP contribution in [0.25, 0.3) is 33.0 Å². The number of amides is 2. The maximum absolute atomic E-state index is 13.1. The van der Waals surface area contributed by atoms with Crippen LogP contribution in [0.3, 0.4) is 0 Å². The van der Waals surface area contributed by atoms with Crippen molar-refractivity contribution < 1.29 is 9.59 Å². The molecular weight excluding hydrogens is 400 g/mol. The molecule has 0 saturated heterocycles. The topological polar surface area (TPSA) is 70.1 Å². The molecule has 0 unspecified atom stereocenters. The van der Waals surface area contributed by atoms with Crippen LogP contribution in [-0.4, -0.2) is 46.9 Å². The van der Waals surface area contributed by atoms with Crippen molar-refractivity contribution in [2.45, 2.75) is 19.9 Å². The summed E-state index contributed by atoms with van der Waals surface area (Å²) in [5.74, 6) is -0.694. The third-order valence-corrected chi connectivity index (χ3v) is 6.16. The van der Waals surface area contributed by atoms with Gasteiger partial charge >= 0.3 is 0 Å². The zero-order valence-electron chi connectivity index (χ0n) is 18.5. The lowest BCUT2D eigenvalue weighted by molar-refractivity contribution is -0.122. The molecule has 6 nitrogen and oxygen atoms in total. The second-order valence-electron chi connectivity index (χ2n) is 8.65. The number of carbonyl (C=O) groups excluding carboxylic acids is 2. The van der Waals surface area contributed by atoms with Gasteiger partial charge in [-0.25, -0.2) is 0 Å². The molecule has 0 fully saturated rings. The van der Waals surface area contributed by atoms with Gasteiger partial charge in [-0.1, -0.05) is 36.4 Å². The number of aromatic amines is 1. The third-order valence-electron chi connectivity index (χ3n) is 6.16. The van der Waals surface area contributed by atoms with Crippen molar-refractivity contribution in [2.75, 3.05) is 20.6 Å². The Hall–Kier alpha value is -3.64. The second-order valence-corrected chi connectivity index (χ2v) is 8.65. The summed E-state index contributed by atoms with van der Waals surface area (Å²) < 4.78 is 2.22. The summed E-state index contributed by atoms with van der Waals surface area (Å²) >= 11 is 0. The number of imide groups is 1. The van der Waals surface area contributed by atoms with E-state index in [1.807, 2.05) is 48.8 Å². The Morgan fingerprint density at radius 1 is 0.906 bits per heavy atom. The van der Waals surface area contributed by atoms with E-state index < -0.39 is 0 Å². The first kappa shape index (κ1) is 20.3. The van der Waals surface area contributed by atoms with Gasteiger partial charge in [0.1, 0.15) is 0 Å². The molecule has 0 bridgehead atoms. The fourth-order valence-electron chi connectivity index (χ4n) is 4.73. The Morgan fingerprint density at radius 2 is 1.62 bits per heavy atom. The van der Waals surface area contributed by atoms with Crippen LogP contribution in [-0.2, 0) is 16.1 Å². The van der Waals surface area contributed by atoms with Crippen LogP contribution in [0, 0.1) is 6.92 Å². The molecule has 0 saturated carbocycles. The molecule has 5 rings (SSSR count). The molecule has 2 N–H and O–H groups in total. The summed E-state index contributed by atoms with van der Waals surface area (Å²) in [5, 5.41) is 4.45. The smallest absolute Gasteiger partial charge is 0.259 e. The number of hydrogen-bond donors (Lipinski definition) is 2. The SMILES string of the molecule is Cc1cccc2c(C3=C(c4c[nH]c5ccccc45)C(=O)NC3=O)cn(CCCN(C)C)c12. The van der Waals surface area contributed by atoms with Crippen molar-refractivity contribution in [1.29, 1.82) is 0 Å². The summed E-state index contributed by atoms with van der Waals surface area (Å²) in [6.45, 7) is 3.90. The minimum atomic E-state index is -0.351. The molecule has 0 radical (unpaired) electrons. The van der Waals surface area contributed by atoms with Crippen LogP contribution >= 0.6 is 0 Å². The number of H-pyrrole nitrogens is 1. The van der Waals surface area contributed by atoms with Crippen LogP contribution in [0.5, 0.6) is 0 Å². The number of aromatic nitrogens is 2. The summed E-state index contributed by atoms with van der Waals surface area (Å²) in [5.41, 5.74) is 5.63. The van der Waals surface area contributed by atoms with Crippen LogP contribution in [0.2, 0.25) is 0 Å². The number of nitrogens with one attached hydrogen (secondary N) is 2. The van der Waals surface area contributed by atoms with E-state index >= 15 is 0 Å². The number of rotatable bonds is 6. The Labute approximate surface area is 186 Å². The summed E-state index contributed by atoms with van der Waals surface area (Å²) in [6.07, 6.45) is 4.85. The molecule has 2 aromatic heterocycles. The lowest BCUT2D eigenvalue weighted by Gasteiger charge is -2.11. The van der Waals surface area contributed by atoms with E-state index in [4.69, 9.17) is 0 Å². The van der Waals surface area contributed by atoms with Gasteiger partial charge in [-0.3, -0.25) is 14.9 Å². The largest absolute Gasteiger partial charge is 0.361 e. The number of carbonyl (C=O) groups is 2. The van der Waals surface area contributed by atoms with Crippen molar-refractivity contribution >= 4 is 44.8 Å². The molecule has 2 aromatic carbocycles. The molecule has 2 amide bonds. The standard InChI is InChI=1S/C26H26N4O2/c1-16-8-6-10-18-20(15-30(24(16)18)13-7-12-29(2)3)23-22(25(31)28-26(23)32)19-14-27-21-11-5-4-9-17(19)21/h4-6,8-11,14-15,27H,7,12-13H2,1-3H3,(H,28,31,32). The summed E-state index contributed by atoms with van der Waals surface area (Å²) in [4.78, 5) is 31.4. The first-order valence-electron chi connectivity index (χ1n) is 10.9. The highest BCUT2D eigenvalue weighted by molar-refractivity contribution is 6.50. The van der Waals surface area contributed by atoms with Crippen molar-refractivity contribution in [1.82, 2.24) is 19.8 Å². The highest BCUT2D eigenvalue weighted by atomic mass is 16.2. The van der Waals surface area contributed by atoms with Crippen LogP contribution < -0.4 is 5.32 Å². The molecule has 3 heterocycles. The average molecular weight is 427 g/mol. The van der Waals surface area contributed by atoms with Crippen molar-refractivity contribution in [3.63, 3.8) is 0 Å². The summed E-state index contributed by atoms with van der Waals surface area (Å²) in [6, 6.07) is 14.0. The minimum Gasteiger partial charge on any atom is -0.361 e. The Balaban J connectivity index is 1.73. The number of hydrogen-bond acceptors (Lipinski definition) is 3. The van der Waals surface area contributed by atoms with Crippen molar-refractivity contribution in [3.05, 3.63) is 71.5 Å². The normalized spacial score (nSPS) is 14.4. The van der Waals surface area contributed by atoms with E-state index in [2.05, 4.69) is 46.9 Å². The minimum absolute atomic E-state index is 0.343. The van der Waals surface area contributed by atoms with E-state index in [0.29, 0.717) is 11.1 Å². The average Bonchev–Trinajstić information content (AvgIpc) is 3.41. The van der Waals surface area contributed by atoms with Gasteiger partial charge in [-0.15, -0.1) is 0 Å². The summed E-state index contributed by atoms with van der Waals surface area (Å²) in [7, 11) is 4.13. The lowest BCUT2D eigenvalue weighted by Crippen LogP contribution is -2.22. The monoisotopic (exact) mass is 426 g/mol. The van der Waals surface area contributed by atoms with E-state index in [9.17, 15) is 9.59 Å². The molecule has 0 atom stereocenters. The lowest BCUT2D eigenvalue weighted by atomic mass is 9.95. The maximum atomic E-state index is 13.1. The molecule has 162 valence electrons. The zero-order chi connectivity index (χ0) is 22.4. The highest BCUT2D eigenvalue weighted by Gasteiger charge is 2.35. The predicted octanol–water partition coefficient (Wildman–Crippen LogP) is 3.95. The van der Waals surface area contributed by atoms with E-state index in [1.165, 1.54) is 0 Å². The fraction of sp³-hybridized carbons (Fsp3) is 0.231. The van der Waals surface area contributed by atoms with Crippen molar-refractivity contribution in [3.8, 4) is 0 Å². The predicted molar refractivity (Wildman–Crippen MR) is 128 cm³/mol. The first-order chi connectivity index (χ1) is 15.5. The molecule has 0 aliphatic carbocycles. The Morgan fingerprint density at radius 3 is 2.41 bits per heavy atom. The van der Waals surface area contributed by atoms with E-state index in [1.54, 1.807) is 0 Å². The molecule has 32 heavy (non-hydrogen) atoms. The van der Waals surface area contributed by atoms with Crippen LogP contribution in [0.1, 0.15) is 23.1 Å². The quantitative estimate of drug-likeness (QED) is 0.459. The molecular formula is C26H26N4O2. The fourth-order valence-corrected chi connectivity index (χ4v) is 4.73. The Kier molecular flexibility index (Phi) is 4.94. The van der Waals surface area contributed by atoms with Gasteiger partial charge in [0.25, 0.3) is 11.8 Å². The number of aryl methyl sites for hydroxylation is 2. The van der Waals surface area contributed by atoms with Gasteiger partial charge in [0.15, 0.2) is 0 Å². The van der Waals surface area contributed by atoms with Gasteiger partial charge in [0, 0.05) is 46.4 Å². The number of nitrogens with zero attached hydrogens (tertiary/aromatic N) is 2. The third kappa shape index (κ3) is 3.24. The van der Waals surface area contributed by atoms with Gasteiger partial charge in [0.05, 0.1) is 16.7 Å². The Bertz CT molecular complexity index is 1400. The van der Waals surface area contributed by atoms with E-state index in [-0.39, 0.29) is 11.8 Å². The second kappa shape index (κ2) is 7.80. The van der Waals surface area contributed by atoms with Gasteiger partial charge in [0.2, 0.25) is 0 Å². The van der Waals surface area contributed by atoms with Crippen LogP contribution in [0.15, 0.2) is 54.9 Å². The number of fused-ring (bicyclic) bond motifs is 2. The van der Waals surface area contributed by atoms with E-state index in [0.717, 1.165) is 58.0 Å². The highest BCUT2D eigenvalue weighted by Crippen LogP contribution is 2.38. The first-order valence-corrected chi connectivity index (χ1v) is 10.9.